The molecular formula is C58H85N5O25S3. The van der Waals surface area contributed by atoms with E-state index < -0.39 is 174 Å². The van der Waals surface area contributed by atoms with Crippen LogP contribution in [0, 0.1) is 11.8 Å². The molecule has 0 aliphatic carbocycles. The molecule has 0 spiro atoms. The highest BCUT2D eigenvalue weighted by Gasteiger charge is 2.45. The third-order valence-electron chi connectivity index (χ3n) is 14.7. The average Bonchev–Trinajstić information content (AvgIpc) is 1.00. The van der Waals surface area contributed by atoms with Crippen molar-refractivity contribution in [3.63, 3.8) is 0 Å². The van der Waals surface area contributed by atoms with E-state index in [0.717, 1.165) is 102 Å². The molecule has 2 aliphatic heterocycles. The Morgan fingerprint density at radius 1 is 0.802 bits per heavy atom. The van der Waals surface area contributed by atoms with Crippen molar-refractivity contribution in [1.29, 1.82) is 0 Å². The molecule has 91 heavy (non-hydrogen) atoms. The lowest BCUT2D eigenvalue weighted by molar-refractivity contribution is -0.268. The van der Waals surface area contributed by atoms with E-state index in [1.807, 2.05) is 6.08 Å². The normalized spacial score (nSPS) is 21.9. The molecule has 2 aromatic rings. The molecule has 510 valence electrons. The number of nitrogens with one attached hydrogen (secondary N) is 4. The number of carboxylic acid groups (broad SMARTS) is 1. The first-order valence-corrected chi connectivity index (χ1v) is 33.9. The molecule has 1 saturated heterocycles. The number of benzene rings is 2. The lowest BCUT2D eigenvalue weighted by Crippen LogP contribution is -2.58. The quantitative estimate of drug-likeness (QED) is 0.0217. The van der Waals surface area contributed by atoms with Crippen LogP contribution in [0.5, 0.6) is 17.2 Å². The summed E-state index contributed by atoms with van der Waals surface area (Å²) in [6.07, 6.45) is 3.11. The standard InChI is InChI=1S/C58H85N5O25S3/c1-9-17-33(4)26-34(5)57(74)85-39(22-20-32(2)3)18-15-13-11-10-12-14-16-19-46(64)59-25-24-47(65)61-43(31-89(75,76)77)55(71)63(8)48-38-29-41(52(45(30-38)88-91(81,82)83)86-58-51(68)50(67)49(66)36(7)84-58)40-27-37(21-23-44(40)87-90(78,79)80)28-42(56(72)73)62-53(69)35(6)60-54(48)70/h16,19,21,23,26-27,29-30,32-33,35-36,39,42-43,48-51,58,66-68H,9-15,17-18,20,22,24-25,28,31H2,1-8H3,(H,59,64)(H,60,70)(H,61,65)(H,62,69)(H,72,73)(H,75,76,77)(H,78,79,80)(H,81,82,83)/b19-16+,34-26-/t33?,35?,36-,39?,42?,43?,48?,49-,50+,51+,58?/m1/s1. The maximum atomic E-state index is 14.7. The van der Waals surface area contributed by atoms with Gasteiger partial charge in [-0.05, 0) is 119 Å². The van der Waals surface area contributed by atoms with Crippen LogP contribution in [-0.4, -0.2) is 180 Å². The van der Waals surface area contributed by atoms with Gasteiger partial charge in [0, 0.05) is 43.1 Å². The van der Waals surface area contributed by atoms with Crippen molar-refractivity contribution in [3.05, 3.63) is 65.3 Å². The van der Waals surface area contributed by atoms with Gasteiger partial charge in [-0.15, -0.1) is 0 Å². The Morgan fingerprint density at radius 2 is 1.45 bits per heavy atom. The highest BCUT2D eigenvalue weighted by Crippen LogP contribution is 2.47. The minimum atomic E-state index is -5.78. The van der Waals surface area contributed by atoms with Crippen molar-refractivity contribution in [1.82, 2.24) is 26.2 Å². The van der Waals surface area contributed by atoms with E-state index in [1.165, 1.54) is 13.0 Å². The maximum absolute atomic E-state index is 14.7. The van der Waals surface area contributed by atoms with E-state index in [9.17, 15) is 92.9 Å². The molecule has 2 aliphatic rings. The number of allylic oxidation sites excluding steroid dienone is 2. The molecule has 1 fully saturated rings. The van der Waals surface area contributed by atoms with Gasteiger partial charge in [-0.2, -0.15) is 25.3 Å². The van der Waals surface area contributed by atoms with Crippen LogP contribution in [-0.2, 0) is 80.4 Å². The number of carbonyl (C=O) groups is 7. The number of amides is 5. The summed E-state index contributed by atoms with van der Waals surface area (Å²) in [4.78, 5) is 95.0. The van der Waals surface area contributed by atoms with Crippen molar-refractivity contribution in [3.8, 4) is 28.4 Å². The number of carbonyl (C=O) groups excluding carboxylic acids is 6. The minimum Gasteiger partial charge on any atom is -0.480 e. The fraction of sp³-hybridized carbons (Fsp3) is 0.603. The molecule has 0 radical (unpaired) electrons. The summed E-state index contributed by atoms with van der Waals surface area (Å²) in [7, 11) is -15.8. The number of fused-ring (bicyclic) bond motifs is 5. The van der Waals surface area contributed by atoms with Crippen molar-refractivity contribution in [2.24, 2.45) is 11.8 Å². The Morgan fingerprint density at radius 3 is 2.08 bits per heavy atom. The van der Waals surface area contributed by atoms with Gasteiger partial charge >= 0.3 is 32.7 Å². The Bertz CT molecular complexity index is 3310. The zero-order chi connectivity index (χ0) is 68.3. The van der Waals surface area contributed by atoms with Crippen LogP contribution in [0.25, 0.3) is 11.1 Å². The second-order valence-corrected chi connectivity index (χ2v) is 26.5. The number of hydrogen-bond acceptors (Lipinski definition) is 21. The topological polar surface area (TPSA) is 461 Å². The molecule has 7 unspecified atom stereocenters. The van der Waals surface area contributed by atoms with Crippen LogP contribution >= 0.6 is 0 Å². The molecule has 5 amide bonds. The second kappa shape index (κ2) is 34.7. The predicted molar refractivity (Wildman–Crippen MR) is 325 cm³/mol. The Hall–Kier alpha value is -6.82. The summed E-state index contributed by atoms with van der Waals surface area (Å²) < 4.78 is 132. The number of hydrogen-bond donors (Lipinski definition) is 11. The largest absolute Gasteiger partial charge is 0.480 e. The van der Waals surface area contributed by atoms with Gasteiger partial charge < -0.3 is 69.2 Å². The number of rotatable bonds is 32. The van der Waals surface area contributed by atoms with Crippen LogP contribution in [0.15, 0.2) is 54.1 Å². The van der Waals surface area contributed by atoms with E-state index in [0.29, 0.717) is 28.9 Å². The number of aliphatic carboxylic acids is 1. The number of likely N-dealkylation sites (N-methyl/N-ethyl adjacent to an activating group) is 1. The summed E-state index contributed by atoms with van der Waals surface area (Å²) in [6, 6.07) is -3.97. The third-order valence-corrected chi connectivity index (χ3v) is 16.3. The lowest BCUT2D eigenvalue weighted by atomic mass is 9.93. The van der Waals surface area contributed by atoms with Crippen LogP contribution < -0.4 is 34.4 Å². The molecular weight excluding hydrogens is 1260 g/mol. The summed E-state index contributed by atoms with van der Waals surface area (Å²) in [6.45, 7) is 12.1. The Labute approximate surface area is 529 Å². The fourth-order valence-electron chi connectivity index (χ4n) is 10.0. The Kier molecular flexibility index (Phi) is 29.2. The van der Waals surface area contributed by atoms with Gasteiger partial charge in [0.05, 0.1) is 6.10 Å². The van der Waals surface area contributed by atoms with Crippen molar-refractivity contribution in [2.75, 3.05) is 19.3 Å². The van der Waals surface area contributed by atoms with Crippen LogP contribution in [0.3, 0.4) is 0 Å². The molecule has 0 saturated carbocycles. The number of aliphatic hydroxyl groups excluding tert-OH is 3. The number of carboxylic acids is 1. The zero-order valence-corrected chi connectivity index (χ0v) is 54.3. The van der Waals surface area contributed by atoms with E-state index in [1.54, 1.807) is 13.0 Å². The first kappa shape index (κ1) is 76.6. The van der Waals surface area contributed by atoms with Crippen LogP contribution in [0.2, 0.25) is 0 Å². The molecule has 33 heteroatoms. The smallest absolute Gasteiger partial charge is 0.446 e. The molecule has 2 heterocycles. The Balaban J connectivity index is 1.62. The highest BCUT2D eigenvalue weighted by molar-refractivity contribution is 7.85. The summed E-state index contributed by atoms with van der Waals surface area (Å²) in [5.41, 5.74) is -1.61. The lowest BCUT2D eigenvalue weighted by Gasteiger charge is -2.39. The minimum absolute atomic E-state index is 0.109. The van der Waals surface area contributed by atoms with Gasteiger partial charge in [-0.3, -0.25) is 37.6 Å². The van der Waals surface area contributed by atoms with Crippen molar-refractivity contribution >= 4 is 72.4 Å². The van der Waals surface area contributed by atoms with Crippen LogP contribution in [0.4, 0.5) is 0 Å². The zero-order valence-electron chi connectivity index (χ0n) is 51.8. The number of ether oxygens (including phenoxy) is 3. The average molecular weight is 1350 g/mol. The third kappa shape index (κ3) is 25.3. The summed E-state index contributed by atoms with van der Waals surface area (Å²) >= 11 is 0. The van der Waals surface area contributed by atoms with Gasteiger partial charge in [-0.1, -0.05) is 71.6 Å². The van der Waals surface area contributed by atoms with Gasteiger partial charge in [-0.25, -0.2) is 9.59 Å². The van der Waals surface area contributed by atoms with Gasteiger partial charge in [0.2, 0.25) is 35.8 Å². The fourth-order valence-corrected chi connectivity index (χ4v) is 11.4. The molecule has 4 bridgehead atoms. The molecule has 0 aromatic heterocycles. The first-order chi connectivity index (χ1) is 42.4. The highest BCUT2D eigenvalue weighted by atomic mass is 32.3. The monoisotopic (exact) mass is 1350 g/mol. The van der Waals surface area contributed by atoms with E-state index in [4.69, 9.17) is 22.6 Å². The molecule has 4 rings (SSSR count). The van der Waals surface area contributed by atoms with Crippen molar-refractivity contribution < 1.29 is 115 Å². The van der Waals surface area contributed by atoms with E-state index in [2.05, 4.69) is 49.0 Å². The van der Waals surface area contributed by atoms with E-state index >= 15 is 0 Å². The predicted octanol–water partition coefficient (Wildman–Crippen LogP) is 2.95. The van der Waals surface area contributed by atoms with Crippen molar-refractivity contribution in [2.45, 2.75) is 193 Å². The van der Waals surface area contributed by atoms with Crippen LogP contribution in [0.1, 0.15) is 143 Å². The number of esters is 1. The number of unbranched alkanes of at least 4 members (excludes halogenated alkanes) is 5. The maximum Gasteiger partial charge on any atom is 0.446 e. The summed E-state index contributed by atoms with van der Waals surface area (Å²) in [5.74, 6) is -11.8. The number of aliphatic hydroxyl groups is 3. The number of nitrogens with zero attached hydrogens (tertiary/aromatic N) is 1. The SMILES string of the molecule is CCCC(C)/C=C(/C)C(=O)OC(CCCCCCC/C=C/C(=O)NCCC(=O)NC(CS(=O)(=O)O)C(=O)N(C)C1C(=O)NC(C)C(=O)NC(C(=O)O)Cc2ccc(OS(=O)(=O)O)c(c2)-c2cc1cc(OS(=O)(=O)O)c2OC1O[C@H](C)[C@@H](O)[C@H](O)[C@@H]1O)CCC(C)C. The van der Waals surface area contributed by atoms with Gasteiger partial charge in [0.15, 0.2) is 17.2 Å². The molecule has 11 N–H and O–H groups in total. The first-order valence-electron chi connectivity index (χ1n) is 29.6. The second-order valence-electron chi connectivity index (χ2n) is 23.0. The molecule has 30 nitrogen and oxygen atoms in total. The molecule has 11 atom stereocenters. The van der Waals surface area contributed by atoms with E-state index in [-0.39, 0.29) is 30.1 Å². The van der Waals surface area contributed by atoms with Gasteiger partial charge in [0.25, 0.3) is 10.1 Å². The molecule has 2 aromatic carbocycles. The summed E-state index contributed by atoms with van der Waals surface area (Å²) in [5, 5.41) is 51.4. The van der Waals surface area contributed by atoms with Gasteiger partial charge in [0.1, 0.15) is 54.3 Å².